The van der Waals surface area contributed by atoms with Crippen LogP contribution in [-0.4, -0.2) is 0 Å². The van der Waals surface area contributed by atoms with Gasteiger partial charge in [0.1, 0.15) is 0 Å². The Labute approximate surface area is 165 Å². The van der Waals surface area contributed by atoms with E-state index >= 15 is 0 Å². The van der Waals surface area contributed by atoms with E-state index in [1.165, 1.54) is 35.1 Å². The van der Waals surface area contributed by atoms with Crippen molar-refractivity contribution < 1.29 is 165 Å². The van der Waals surface area contributed by atoms with Gasteiger partial charge >= 0.3 is 41.3 Å². The van der Waals surface area contributed by atoms with E-state index in [-0.39, 0.29) is 130 Å². The van der Waals surface area contributed by atoms with Crippen molar-refractivity contribution in [1.29, 1.82) is 0 Å². The molecule has 0 aliphatic rings. The Kier molecular flexibility index (Phi) is 101. The van der Waals surface area contributed by atoms with E-state index in [2.05, 4.69) is 6.22 Å². The maximum Gasteiger partial charge on any atom is 0 e. The summed E-state index contributed by atoms with van der Waals surface area (Å²) in [6.07, 6.45) is 4.64. The molecule has 0 aromatic rings. The first-order valence-corrected chi connectivity index (χ1v) is 2.80. The van der Waals surface area contributed by atoms with Gasteiger partial charge in [-0.15, -0.1) is 0 Å². The summed E-state index contributed by atoms with van der Waals surface area (Å²) < 4.78 is 0. The van der Waals surface area contributed by atoms with Crippen molar-refractivity contribution in [3.63, 3.8) is 0 Å². The van der Waals surface area contributed by atoms with Crippen LogP contribution in [0.25, 0.3) is 0 Å². The van der Waals surface area contributed by atoms with Gasteiger partial charge in [0.15, 0.2) is 0 Å². The van der Waals surface area contributed by atoms with Gasteiger partial charge < -0.3 is 0 Å². The third-order valence-corrected chi connectivity index (χ3v) is 0. The molecular formula is ClEuGdSmTb. The predicted octanol–water partition coefficient (Wildman–Crippen LogP) is 0.690. The van der Waals surface area contributed by atoms with Crippen molar-refractivity contribution in [2.45, 2.75) is 0 Å². The Bertz CT molecular complexity index is 11.6. The first-order valence-electron chi connectivity index (χ1n) is 0.126. The topological polar surface area (TPSA) is 0 Å². The normalized spacial score (nSPS) is 1.40. The van der Waals surface area contributed by atoms with Gasteiger partial charge in [0.25, 0.3) is 0 Å². The molecule has 0 rings (SSSR count). The molecule has 0 nitrogen and oxygen atoms in total. The van der Waals surface area contributed by atoms with Crippen molar-refractivity contribution in [3.8, 4) is 0 Å². The molecule has 0 bridgehead atoms. The van der Waals surface area contributed by atoms with Crippen molar-refractivity contribution in [1.82, 2.24) is 0 Å². The number of rotatable bonds is 0. The van der Waals surface area contributed by atoms with Gasteiger partial charge in [0, 0.05) is 130 Å². The smallest absolute Gasteiger partial charge is 0 e. The molecule has 0 amide bonds. The number of halogens is 1. The third kappa shape index (κ3) is 17.7. The SMILES string of the molecule is [Cl][Tb].[Eu].[Gd].[Sm]. The first-order chi connectivity index (χ1) is 1.00. The summed E-state index contributed by atoms with van der Waals surface area (Å²) in [4.78, 5) is 0. The Hall–Kier alpha value is 5.82. The van der Waals surface area contributed by atoms with Gasteiger partial charge in [-0.2, -0.15) is 0 Å². The van der Waals surface area contributed by atoms with Crippen molar-refractivity contribution in [2.24, 2.45) is 0 Å². The van der Waals surface area contributed by atoms with Crippen LogP contribution < -0.4 is 0 Å². The van der Waals surface area contributed by atoms with Gasteiger partial charge in [-0.25, -0.2) is 0 Å². The van der Waals surface area contributed by atoms with Crippen molar-refractivity contribution in [2.75, 3.05) is 0 Å². The molecule has 0 atom stereocenters. The van der Waals surface area contributed by atoms with E-state index in [4.69, 9.17) is 0 Å². The molecule has 0 aliphatic carbocycles. The summed E-state index contributed by atoms with van der Waals surface area (Å²) in [5, 5.41) is 0. The van der Waals surface area contributed by atoms with Gasteiger partial charge in [-0.1, -0.05) is 0 Å². The molecule has 0 unspecified atom stereocenters. The minimum atomic E-state index is 0. The predicted molar refractivity (Wildman–Crippen MR) is 5.85 cm³/mol. The van der Waals surface area contributed by atoms with E-state index in [1.54, 1.807) is 0 Å². The first kappa shape index (κ1) is 22.4. The average Bonchev–Trinajstić information content (AvgIpc) is 1.00. The van der Waals surface area contributed by atoms with Crippen molar-refractivity contribution >= 4 is 6.22 Å². The van der Waals surface area contributed by atoms with E-state index in [0.29, 0.717) is 0 Å². The average molecular weight is 654 g/mol. The van der Waals surface area contributed by atoms with Crippen LogP contribution in [0.2, 0.25) is 0 Å². The van der Waals surface area contributed by atoms with Crippen LogP contribution in [0.1, 0.15) is 0 Å². The van der Waals surface area contributed by atoms with Gasteiger partial charge in [0.05, 0.1) is 0 Å². The Balaban J connectivity index is -0.00000000167. The zero-order chi connectivity index (χ0) is 2.00. The fourth-order valence-electron chi connectivity index (χ4n) is 0. The largest absolute Gasteiger partial charge is 0 e. The molecule has 0 saturated heterocycles. The minimum Gasteiger partial charge on any atom is 0 e. The second-order valence-electron chi connectivity index (χ2n) is 0. The molecule has 0 N–H and O–H groups in total. The molecule has 0 aromatic carbocycles. The monoisotopic (exact) mass is 657 g/mol. The quantitative estimate of drug-likeness (QED) is 0.361. The van der Waals surface area contributed by atoms with E-state index < -0.39 is 0 Å². The van der Waals surface area contributed by atoms with Crippen LogP contribution in [0, 0.1) is 165 Å². The summed E-state index contributed by atoms with van der Waals surface area (Å²) in [5.74, 6) is 0. The van der Waals surface area contributed by atoms with Gasteiger partial charge in [0.2, 0.25) is 0 Å². The fraction of sp³-hybridized carbons (Fsp3) is 0. The number of hydrogen-bond acceptors (Lipinski definition) is 0. The van der Waals surface area contributed by atoms with Gasteiger partial charge in [-0.3, -0.25) is 0 Å². The van der Waals surface area contributed by atoms with Crippen LogP contribution in [0.4, 0.5) is 0 Å². The molecular weight excluding hydrogens is 654 g/mol. The maximum atomic E-state index is 4.64. The standard InChI is InChI=1S/ClH.Eu.Gd.Sm.Tb/h1H;;;;/q;;;;+1/p-1. The Morgan fingerprint density at radius 3 is 1.20 bits per heavy atom. The molecule has 1 radical (unpaired) electrons. The molecule has 0 aromatic heterocycles. The van der Waals surface area contributed by atoms with Gasteiger partial charge in [-0.05, 0) is 0 Å². The summed E-state index contributed by atoms with van der Waals surface area (Å²) in [5.41, 5.74) is 0. The fourth-order valence-corrected chi connectivity index (χ4v) is 0. The molecule has 5 heavy (non-hydrogen) atoms. The molecule has 0 spiro atoms. The molecule has 0 saturated carbocycles. The maximum absolute atomic E-state index is 4.64. The van der Waals surface area contributed by atoms with Crippen LogP contribution >= 0.6 is 6.22 Å². The van der Waals surface area contributed by atoms with E-state index in [9.17, 15) is 0 Å². The summed E-state index contributed by atoms with van der Waals surface area (Å²) in [6, 6.07) is 0. The van der Waals surface area contributed by atoms with E-state index in [1.807, 2.05) is 0 Å². The Morgan fingerprint density at radius 2 is 1.20 bits per heavy atom. The van der Waals surface area contributed by atoms with Crippen molar-refractivity contribution in [3.05, 3.63) is 0 Å². The summed E-state index contributed by atoms with van der Waals surface area (Å²) in [7, 11) is 0. The third-order valence-electron chi connectivity index (χ3n) is 0. The molecule has 5 heteroatoms. The minimum absolute atomic E-state index is 0. The number of hydrogen-bond donors (Lipinski definition) is 0. The van der Waals surface area contributed by atoms with E-state index in [0.717, 1.165) is 0 Å². The summed E-state index contributed by atoms with van der Waals surface area (Å²) in [6.45, 7) is 0. The van der Waals surface area contributed by atoms with Crippen LogP contribution in [0.3, 0.4) is 0 Å². The molecule has 0 fully saturated rings. The summed E-state index contributed by atoms with van der Waals surface area (Å²) >= 11 is 1.47. The molecule has 0 heterocycles. The van der Waals surface area contributed by atoms with Crippen LogP contribution in [-0.2, 0) is 0 Å². The second kappa shape index (κ2) is 22.6. The second-order valence-corrected chi connectivity index (χ2v) is 0. The Morgan fingerprint density at radius 1 is 1.20 bits per heavy atom. The zero-order valence-corrected chi connectivity index (χ0v) is 12.1. The van der Waals surface area contributed by atoms with Crippen LogP contribution in [0.15, 0.2) is 0 Å². The molecule has 37 valence electrons. The zero-order valence-electron chi connectivity index (χ0n) is 1.85. The molecule has 0 aliphatic heterocycles. The van der Waals surface area contributed by atoms with Crippen LogP contribution in [0.5, 0.6) is 0 Å².